The zero-order chi connectivity index (χ0) is 24.5. The molecule has 0 fully saturated rings. The third-order valence-electron chi connectivity index (χ3n) is 5.82. The van der Waals surface area contributed by atoms with Crippen LogP contribution in [0.1, 0.15) is 21.5 Å². The van der Waals surface area contributed by atoms with Crippen LogP contribution in [-0.2, 0) is 6.54 Å². The van der Waals surface area contributed by atoms with Gasteiger partial charge in [0.15, 0.2) is 17.1 Å². The summed E-state index contributed by atoms with van der Waals surface area (Å²) >= 11 is 0. The molecule has 0 aliphatic carbocycles. The van der Waals surface area contributed by atoms with E-state index in [1.165, 1.54) is 0 Å². The summed E-state index contributed by atoms with van der Waals surface area (Å²) in [6.07, 6.45) is 0. The van der Waals surface area contributed by atoms with E-state index in [4.69, 9.17) is 9.47 Å². The van der Waals surface area contributed by atoms with Crippen LogP contribution in [0.25, 0.3) is 27.8 Å². The predicted molar refractivity (Wildman–Crippen MR) is 132 cm³/mol. The van der Waals surface area contributed by atoms with Gasteiger partial charge in [-0.3, -0.25) is 9.59 Å². The smallest absolute Gasteiger partial charge is 0.281 e. The first-order chi connectivity index (χ1) is 17.0. The summed E-state index contributed by atoms with van der Waals surface area (Å²) in [5, 5.41) is 10.6. The number of amides is 1. The van der Waals surface area contributed by atoms with Gasteiger partial charge in [0.2, 0.25) is 0 Å². The first-order valence-corrected chi connectivity index (χ1v) is 11.0. The molecule has 9 heteroatoms. The average molecular weight is 470 g/mol. The molecule has 0 saturated heterocycles. The van der Waals surface area contributed by atoms with Gasteiger partial charge in [-0.2, -0.15) is 10.1 Å². The highest BCUT2D eigenvalue weighted by molar-refractivity contribution is 5.98. The summed E-state index contributed by atoms with van der Waals surface area (Å²) < 4.78 is 12.2. The minimum atomic E-state index is -0.382. The normalized spacial score (nSPS) is 11.1. The van der Waals surface area contributed by atoms with Gasteiger partial charge in [0, 0.05) is 17.7 Å². The van der Waals surface area contributed by atoms with E-state index >= 15 is 0 Å². The molecule has 2 N–H and O–H groups in total. The summed E-state index contributed by atoms with van der Waals surface area (Å²) in [7, 11) is 3.13. The third kappa shape index (κ3) is 4.08. The Morgan fingerprint density at radius 3 is 2.63 bits per heavy atom. The Bertz CT molecular complexity index is 1640. The number of aryl methyl sites for hydroxylation is 1. The minimum Gasteiger partial charge on any atom is -0.493 e. The van der Waals surface area contributed by atoms with Gasteiger partial charge in [-0.15, -0.1) is 0 Å². The van der Waals surface area contributed by atoms with Crippen LogP contribution in [0.15, 0.2) is 65.5 Å². The van der Waals surface area contributed by atoms with Crippen molar-refractivity contribution in [3.63, 3.8) is 0 Å². The van der Waals surface area contributed by atoms with Crippen LogP contribution >= 0.6 is 0 Å². The lowest BCUT2D eigenvalue weighted by molar-refractivity contribution is 0.0951. The number of fused-ring (bicyclic) bond motifs is 3. The van der Waals surface area contributed by atoms with Crippen LogP contribution in [0.5, 0.6) is 11.5 Å². The lowest BCUT2D eigenvalue weighted by atomic mass is 10.1. The zero-order valence-electron chi connectivity index (χ0n) is 19.5. The van der Waals surface area contributed by atoms with Crippen LogP contribution in [0.4, 0.5) is 0 Å². The Kier molecular flexibility index (Phi) is 5.66. The molecule has 0 atom stereocenters. The number of hydrogen-bond acceptors (Lipinski definition) is 6. The van der Waals surface area contributed by atoms with E-state index in [-0.39, 0.29) is 11.5 Å². The number of nitrogens with zero attached hydrogens (tertiary/aromatic N) is 3. The molecule has 0 saturated carbocycles. The van der Waals surface area contributed by atoms with Crippen molar-refractivity contribution in [2.75, 3.05) is 14.2 Å². The number of H-pyrrole nitrogens is 1. The second-order valence-electron chi connectivity index (χ2n) is 8.11. The van der Waals surface area contributed by atoms with Crippen LogP contribution in [0.2, 0.25) is 0 Å². The molecule has 1 amide bonds. The Morgan fingerprint density at radius 1 is 1.03 bits per heavy atom. The largest absolute Gasteiger partial charge is 0.493 e. The maximum absolute atomic E-state index is 12.9. The number of nitrogens with one attached hydrogen (secondary N) is 2. The maximum Gasteiger partial charge on any atom is 0.281 e. The van der Waals surface area contributed by atoms with Gasteiger partial charge >= 0.3 is 0 Å². The van der Waals surface area contributed by atoms with Gasteiger partial charge in [0.1, 0.15) is 5.69 Å². The highest BCUT2D eigenvalue weighted by atomic mass is 16.5. The number of rotatable bonds is 6. The summed E-state index contributed by atoms with van der Waals surface area (Å²) in [4.78, 5) is 29.9. The van der Waals surface area contributed by atoms with Gasteiger partial charge in [-0.1, -0.05) is 29.8 Å². The Labute approximate surface area is 200 Å². The quantitative estimate of drug-likeness (QED) is 0.394. The molecule has 0 bridgehead atoms. The molecule has 0 spiro atoms. The molecular weight excluding hydrogens is 446 g/mol. The molecule has 0 unspecified atom stereocenters. The maximum atomic E-state index is 12.9. The van der Waals surface area contributed by atoms with Crippen molar-refractivity contribution in [1.29, 1.82) is 0 Å². The highest BCUT2D eigenvalue weighted by Crippen LogP contribution is 2.27. The molecule has 0 radical (unpaired) electrons. The van der Waals surface area contributed by atoms with E-state index in [1.807, 2.05) is 43.3 Å². The summed E-state index contributed by atoms with van der Waals surface area (Å²) in [5.41, 5.74) is 4.28. The Hall–Kier alpha value is -4.66. The summed E-state index contributed by atoms with van der Waals surface area (Å²) in [6, 6.07) is 18.1. The fourth-order valence-electron chi connectivity index (χ4n) is 4.03. The van der Waals surface area contributed by atoms with Crippen molar-refractivity contribution >= 4 is 22.5 Å². The molecule has 2 heterocycles. The van der Waals surface area contributed by atoms with E-state index < -0.39 is 0 Å². The van der Waals surface area contributed by atoms with Crippen LogP contribution in [0.3, 0.4) is 0 Å². The first-order valence-electron chi connectivity index (χ1n) is 11.0. The molecule has 5 rings (SSSR count). The number of carbonyl (C=O) groups is 1. The second kappa shape index (κ2) is 8.94. The van der Waals surface area contributed by atoms with E-state index in [9.17, 15) is 9.59 Å². The van der Waals surface area contributed by atoms with E-state index in [0.717, 1.165) is 16.7 Å². The first kappa shape index (κ1) is 22.1. The van der Waals surface area contributed by atoms with Crippen molar-refractivity contribution in [2.45, 2.75) is 13.5 Å². The van der Waals surface area contributed by atoms with Crippen molar-refractivity contribution in [2.24, 2.45) is 0 Å². The SMILES string of the molecule is COc1ccc(CNC(=O)c2ccc3c(=O)nc4c(-c5cccc(C)c5)n[nH]n4c3c2)cc1OC. The highest BCUT2D eigenvalue weighted by Gasteiger charge is 2.16. The van der Waals surface area contributed by atoms with Crippen LogP contribution < -0.4 is 20.3 Å². The zero-order valence-corrected chi connectivity index (χ0v) is 19.5. The lowest BCUT2D eigenvalue weighted by Gasteiger charge is -2.11. The number of methoxy groups -OCH3 is 2. The standard InChI is InChI=1S/C26H23N5O4/c1-15-5-4-6-17(11-15)23-24-28-26(33)19-9-8-18(13-20(19)31(24)30-29-23)25(32)27-14-16-7-10-21(34-2)22(12-16)35-3/h4-13,30H,14H2,1-3H3,(H,27,32). The van der Waals surface area contributed by atoms with Crippen molar-refractivity contribution in [1.82, 2.24) is 25.1 Å². The van der Waals surface area contributed by atoms with Crippen molar-refractivity contribution in [3.05, 3.63) is 87.7 Å². The number of carbonyl (C=O) groups excluding carboxylic acids is 1. The molecule has 35 heavy (non-hydrogen) atoms. The molecule has 176 valence electrons. The number of hydrogen-bond donors (Lipinski definition) is 2. The molecule has 2 aromatic heterocycles. The topological polar surface area (TPSA) is 111 Å². The van der Waals surface area contributed by atoms with Crippen LogP contribution in [-0.4, -0.2) is 39.9 Å². The molecular formula is C26H23N5O4. The van der Waals surface area contributed by atoms with E-state index in [1.54, 1.807) is 43.0 Å². The second-order valence-corrected chi connectivity index (χ2v) is 8.11. The van der Waals surface area contributed by atoms with Gasteiger partial charge in [0.25, 0.3) is 11.5 Å². The molecule has 5 aromatic rings. The fourth-order valence-corrected chi connectivity index (χ4v) is 4.03. The van der Waals surface area contributed by atoms with Gasteiger partial charge in [-0.25, -0.2) is 9.73 Å². The number of benzene rings is 3. The monoisotopic (exact) mass is 469 g/mol. The number of ether oxygens (including phenoxy) is 2. The molecule has 0 aliphatic heterocycles. The average Bonchev–Trinajstić information content (AvgIpc) is 3.30. The predicted octanol–water partition coefficient (Wildman–Crippen LogP) is 3.49. The van der Waals surface area contributed by atoms with E-state index in [0.29, 0.717) is 45.9 Å². The third-order valence-corrected chi connectivity index (χ3v) is 5.82. The fraction of sp³-hybridized carbons (Fsp3) is 0.154. The van der Waals surface area contributed by atoms with Crippen molar-refractivity contribution < 1.29 is 14.3 Å². The van der Waals surface area contributed by atoms with Crippen molar-refractivity contribution in [3.8, 4) is 22.8 Å². The lowest BCUT2D eigenvalue weighted by Crippen LogP contribution is -2.23. The minimum absolute atomic E-state index is 0.280. The molecule has 9 nitrogen and oxygen atoms in total. The van der Waals surface area contributed by atoms with E-state index in [2.05, 4.69) is 20.6 Å². The molecule has 0 aliphatic rings. The Morgan fingerprint density at radius 2 is 1.86 bits per heavy atom. The van der Waals surface area contributed by atoms with Gasteiger partial charge in [0.05, 0.1) is 25.1 Å². The van der Waals surface area contributed by atoms with Gasteiger partial charge < -0.3 is 14.8 Å². The Balaban J connectivity index is 1.48. The number of aromatic nitrogens is 4. The summed E-state index contributed by atoms with van der Waals surface area (Å²) in [6.45, 7) is 2.28. The molecule has 3 aromatic carbocycles. The number of aromatic amines is 1. The van der Waals surface area contributed by atoms with Gasteiger partial charge in [-0.05, 0) is 48.9 Å². The van der Waals surface area contributed by atoms with Crippen LogP contribution in [0, 0.1) is 6.92 Å². The summed E-state index contributed by atoms with van der Waals surface area (Å²) in [5.74, 6) is 0.922.